The molecule has 9 heteroatoms. The highest BCUT2D eigenvalue weighted by molar-refractivity contribution is 5.98. The smallest absolute Gasteiger partial charge is 0.0991 e. The van der Waals surface area contributed by atoms with Crippen molar-refractivity contribution in [3.8, 4) is 78.9 Å². The summed E-state index contributed by atoms with van der Waals surface area (Å²) in [4.78, 5) is 2.35. The minimum Gasteiger partial charge on any atom is -0.382 e. The summed E-state index contributed by atoms with van der Waals surface area (Å²) in [7, 11) is 5.04. The van der Waals surface area contributed by atoms with E-state index in [0.717, 1.165) is 123 Å². The number of hydrogen-bond acceptors (Lipinski definition) is 9. The highest BCUT2D eigenvalue weighted by Gasteiger charge is 2.52. The van der Waals surface area contributed by atoms with Crippen molar-refractivity contribution >= 4 is 17.1 Å². The normalized spacial score (nSPS) is 12.3. The number of rotatable bonds is 22. The monoisotopic (exact) mass is 1100 g/mol. The van der Waals surface area contributed by atoms with E-state index in [1.807, 2.05) is 18.2 Å². The molecule has 0 saturated heterocycles. The van der Waals surface area contributed by atoms with Gasteiger partial charge in [0, 0.05) is 38.4 Å². The maximum atomic E-state index is 10.7. The first-order chi connectivity index (χ1) is 41.4. The fraction of sp³-hybridized carbons (Fsp3) is 0.173. The van der Waals surface area contributed by atoms with Crippen molar-refractivity contribution in [2.75, 3.05) is 65.9 Å². The fourth-order valence-electron chi connectivity index (χ4n) is 12.2. The number of methoxy groups -OCH3 is 3. The first-order valence-corrected chi connectivity index (χ1v) is 28.4. The Morgan fingerprint density at radius 2 is 0.702 bits per heavy atom. The van der Waals surface area contributed by atoms with Gasteiger partial charge in [-0.3, -0.25) is 0 Å². The maximum Gasteiger partial charge on any atom is 0.0991 e. The van der Waals surface area contributed by atoms with E-state index in [4.69, 9.17) is 28.4 Å². The first kappa shape index (κ1) is 55.3. The Morgan fingerprint density at radius 3 is 1.17 bits per heavy atom. The summed E-state index contributed by atoms with van der Waals surface area (Å²) in [5.74, 6) is 0. The van der Waals surface area contributed by atoms with Crippen LogP contribution in [0.25, 0.3) is 66.8 Å². The number of nitriles is 2. The Bertz CT molecular complexity index is 3940. The second-order valence-electron chi connectivity index (χ2n) is 21.2. The minimum absolute atomic E-state index is 0.330. The van der Waals surface area contributed by atoms with Crippen LogP contribution < -0.4 is 4.90 Å². The van der Waals surface area contributed by atoms with Crippen LogP contribution in [0.1, 0.15) is 50.1 Å². The zero-order chi connectivity index (χ0) is 57.4. The molecule has 0 radical (unpaired) electrons. The van der Waals surface area contributed by atoms with Crippen molar-refractivity contribution in [3.63, 3.8) is 0 Å². The van der Waals surface area contributed by atoms with E-state index in [0.29, 0.717) is 70.6 Å². The summed E-state index contributed by atoms with van der Waals surface area (Å²) in [6.07, 6.45) is 0. The third-order valence-electron chi connectivity index (χ3n) is 16.0. The van der Waals surface area contributed by atoms with Gasteiger partial charge >= 0.3 is 0 Å². The SMILES string of the molecule is COCCOCc1cc(COCCOC)cc(N(c2cc(COCCOC)cc(-c3cc(-c4ccccc4)cc(-c4ccccc4)c3)c2)c2ccc3c(c2)C2(c4cc(C#N)ccc4-c4ccc(C#N)cc42)c2cc(-c4ccccc4)ccc2-3)c1. The summed E-state index contributed by atoms with van der Waals surface area (Å²) in [6, 6.07) is 82.4. The van der Waals surface area contributed by atoms with Crippen LogP contribution in [-0.2, 0) is 53.7 Å². The van der Waals surface area contributed by atoms with Gasteiger partial charge in [0.2, 0.25) is 0 Å². The average Bonchev–Trinajstić information content (AvgIpc) is 1.58. The molecule has 0 fully saturated rings. The number of anilines is 3. The van der Waals surface area contributed by atoms with E-state index in [2.05, 4.69) is 217 Å². The molecule has 0 heterocycles. The molecule has 0 bridgehead atoms. The molecule has 10 aromatic carbocycles. The molecule has 0 atom stereocenters. The first-order valence-electron chi connectivity index (χ1n) is 28.4. The van der Waals surface area contributed by atoms with Gasteiger partial charge in [-0.05, 0) is 197 Å². The lowest BCUT2D eigenvalue weighted by molar-refractivity contribution is 0.0594. The molecular formula is C75H63N3O6. The molecule has 2 aliphatic rings. The fourth-order valence-corrected chi connectivity index (χ4v) is 12.2. The van der Waals surface area contributed by atoms with Crippen molar-refractivity contribution in [2.45, 2.75) is 25.2 Å². The van der Waals surface area contributed by atoms with Crippen LogP contribution in [0.2, 0.25) is 0 Å². The van der Waals surface area contributed by atoms with E-state index in [-0.39, 0.29) is 0 Å². The minimum atomic E-state index is -0.938. The van der Waals surface area contributed by atoms with Gasteiger partial charge in [0.15, 0.2) is 0 Å². The van der Waals surface area contributed by atoms with E-state index in [1.54, 1.807) is 21.3 Å². The summed E-state index contributed by atoms with van der Waals surface area (Å²) in [5.41, 5.74) is 22.7. The van der Waals surface area contributed by atoms with E-state index in [1.165, 1.54) is 0 Å². The number of benzene rings is 10. The second kappa shape index (κ2) is 25.1. The number of hydrogen-bond donors (Lipinski definition) is 0. The highest BCUT2D eigenvalue weighted by atomic mass is 16.5. The molecule has 10 aromatic rings. The summed E-state index contributed by atoms with van der Waals surface area (Å²) in [6.45, 7) is 3.65. The summed E-state index contributed by atoms with van der Waals surface area (Å²) < 4.78 is 35.3. The van der Waals surface area contributed by atoms with Gasteiger partial charge in [0.1, 0.15) is 0 Å². The largest absolute Gasteiger partial charge is 0.382 e. The van der Waals surface area contributed by atoms with E-state index in [9.17, 15) is 10.5 Å². The van der Waals surface area contributed by atoms with Crippen molar-refractivity contribution < 1.29 is 28.4 Å². The lowest BCUT2D eigenvalue weighted by atomic mass is 9.69. The molecule has 0 N–H and O–H groups in total. The third-order valence-corrected chi connectivity index (χ3v) is 16.0. The Kier molecular flexibility index (Phi) is 16.5. The number of nitrogens with zero attached hydrogens (tertiary/aromatic N) is 3. The van der Waals surface area contributed by atoms with Crippen LogP contribution in [0.4, 0.5) is 17.1 Å². The third kappa shape index (κ3) is 11.0. The van der Waals surface area contributed by atoms with Crippen molar-refractivity contribution in [2.24, 2.45) is 0 Å². The lowest BCUT2D eigenvalue weighted by Gasteiger charge is -2.33. The molecule has 12 rings (SSSR count). The van der Waals surface area contributed by atoms with Crippen LogP contribution in [0.15, 0.2) is 218 Å². The molecule has 1 spiro atoms. The van der Waals surface area contributed by atoms with Gasteiger partial charge in [-0.2, -0.15) is 10.5 Å². The predicted octanol–water partition coefficient (Wildman–Crippen LogP) is 16.4. The molecule has 0 amide bonds. The molecule has 0 saturated carbocycles. The van der Waals surface area contributed by atoms with Gasteiger partial charge in [-0.25, -0.2) is 0 Å². The van der Waals surface area contributed by atoms with Gasteiger partial charge in [0.25, 0.3) is 0 Å². The number of fused-ring (bicyclic) bond motifs is 10. The Hall–Kier alpha value is -9.26. The average molecular weight is 1100 g/mol. The topological polar surface area (TPSA) is 106 Å². The highest BCUT2D eigenvalue weighted by Crippen LogP contribution is 2.64. The molecule has 2 aliphatic carbocycles. The molecule has 0 aromatic heterocycles. The summed E-state index contributed by atoms with van der Waals surface area (Å²) in [5, 5.41) is 21.3. The van der Waals surface area contributed by atoms with E-state index < -0.39 is 5.41 Å². The Labute approximate surface area is 492 Å². The standard InChI is InChI=1S/C75H63N3O6/c1-79-27-30-82-48-53-33-54(49-83-31-28-80-2)36-65(35-53)78(66-37-55(50-84-32-29-81-3)34-60(43-66)63-41-61(57-15-9-5-10-16-57)40-62(42-63)58-17-11-6-12-18-58)64-22-26-70-69-25-21-59(56-13-7-4-8-14-56)44-73(69)75(74(70)45-64)71-38-51(46-76)19-23-67(71)68-24-20-52(47-77)39-72(68)75/h4-26,33-45H,27-32,48-50H2,1-3H3. The lowest BCUT2D eigenvalue weighted by Crippen LogP contribution is -2.26. The van der Waals surface area contributed by atoms with Crippen LogP contribution >= 0.6 is 0 Å². The predicted molar refractivity (Wildman–Crippen MR) is 333 cm³/mol. The van der Waals surface area contributed by atoms with Crippen LogP contribution in [0, 0.1) is 22.7 Å². The Morgan fingerprint density at radius 1 is 0.321 bits per heavy atom. The van der Waals surface area contributed by atoms with Crippen LogP contribution in [-0.4, -0.2) is 61.0 Å². The van der Waals surface area contributed by atoms with E-state index >= 15 is 0 Å². The second-order valence-corrected chi connectivity index (χ2v) is 21.2. The molecular weight excluding hydrogens is 1040 g/mol. The molecule has 0 unspecified atom stereocenters. The van der Waals surface area contributed by atoms with Crippen molar-refractivity contribution in [1.82, 2.24) is 0 Å². The zero-order valence-electron chi connectivity index (χ0n) is 47.4. The van der Waals surface area contributed by atoms with Gasteiger partial charge in [-0.1, -0.05) is 127 Å². The molecule has 84 heavy (non-hydrogen) atoms. The molecule has 0 aliphatic heterocycles. The zero-order valence-corrected chi connectivity index (χ0v) is 47.4. The quantitative estimate of drug-likeness (QED) is 0.0613. The van der Waals surface area contributed by atoms with Crippen LogP contribution in [0.3, 0.4) is 0 Å². The van der Waals surface area contributed by atoms with Crippen molar-refractivity contribution in [1.29, 1.82) is 10.5 Å². The number of ether oxygens (including phenoxy) is 6. The van der Waals surface area contributed by atoms with Gasteiger partial charge in [0.05, 0.1) is 88.1 Å². The summed E-state index contributed by atoms with van der Waals surface area (Å²) >= 11 is 0. The maximum absolute atomic E-state index is 10.7. The van der Waals surface area contributed by atoms with Gasteiger partial charge < -0.3 is 33.3 Å². The molecule has 9 nitrogen and oxygen atoms in total. The molecule has 414 valence electrons. The van der Waals surface area contributed by atoms with Crippen LogP contribution in [0.5, 0.6) is 0 Å². The van der Waals surface area contributed by atoms with Crippen molar-refractivity contribution in [3.05, 3.63) is 268 Å². The van der Waals surface area contributed by atoms with Gasteiger partial charge in [-0.15, -0.1) is 0 Å². The Balaban J connectivity index is 1.13.